The Morgan fingerprint density at radius 2 is 2.11 bits per heavy atom. The first-order chi connectivity index (χ1) is 12.1. The molecule has 3 heterocycles. The van der Waals surface area contributed by atoms with Gasteiger partial charge in [-0.25, -0.2) is 4.68 Å². The molecular weight excluding hydrogens is 407 g/mol. The summed E-state index contributed by atoms with van der Waals surface area (Å²) >= 11 is 1.70. The molecule has 0 aromatic carbocycles. The predicted molar refractivity (Wildman–Crippen MR) is 113 cm³/mol. The van der Waals surface area contributed by atoms with Crippen LogP contribution in [0, 0.1) is 6.92 Å². The van der Waals surface area contributed by atoms with Crippen molar-refractivity contribution < 1.29 is 4.79 Å². The Morgan fingerprint density at radius 1 is 1.41 bits per heavy atom. The second-order valence-corrected chi connectivity index (χ2v) is 7.63. The summed E-state index contributed by atoms with van der Waals surface area (Å²) in [5.41, 5.74) is 1.28. The van der Waals surface area contributed by atoms with E-state index in [0.29, 0.717) is 18.3 Å². The lowest BCUT2D eigenvalue weighted by Crippen LogP contribution is -2.34. The van der Waals surface area contributed by atoms with Crippen LogP contribution in [0.25, 0.3) is 0 Å². The van der Waals surface area contributed by atoms with Crippen LogP contribution >= 0.6 is 36.2 Å². The molecule has 0 aliphatic carbocycles. The fourth-order valence-corrected chi connectivity index (χ4v) is 4.16. The van der Waals surface area contributed by atoms with Crippen LogP contribution in [0.2, 0.25) is 0 Å². The number of likely N-dealkylation sites (N-methyl/N-ethyl adjacent to an activating group) is 1. The summed E-state index contributed by atoms with van der Waals surface area (Å²) in [7, 11) is 4.05. The molecular formula is C17H28Cl2N6OS. The monoisotopic (exact) mass is 434 g/mol. The molecule has 1 unspecified atom stereocenters. The summed E-state index contributed by atoms with van der Waals surface area (Å²) in [5, 5.41) is 16.8. The quantitative estimate of drug-likeness (QED) is 0.729. The third-order valence-electron chi connectivity index (χ3n) is 4.75. The maximum Gasteiger partial charge on any atom is 0.273 e. The summed E-state index contributed by atoms with van der Waals surface area (Å²) in [6.07, 6.45) is 2.04. The molecule has 1 atom stereocenters. The van der Waals surface area contributed by atoms with Gasteiger partial charge in [-0.05, 0) is 58.4 Å². The van der Waals surface area contributed by atoms with E-state index < -0.39 is 0 Å². The smallest absolute Gasteiger partial charge is 0.273 e. The van der Waals surface area contributed by atoms with Gasteiger partial charge in [0.15, 0.2) is 5.69 Å². The Kier molecular flexibility index (Phi) is 9.69. The van der Waals surface area contributed by atoms with E-state index in [2.05, 4.69) is 37.3 Å². The molecule has 152 valence electrons. The number of thiophene rings is 1. The van der Waals surface area contributed by atoms with Gasteiger partial charge < -0.3 is 15.5 Å². The van der Waals surface area contributed by atoms with Gasteiger partial charge >= 0.3 is 0 Å². The Labute approximate surface area is 176 Å². The van der Waals surface area contributed by atoms with Gasteiger partial charge in [0.25, 0.3) is 5.91 Å². The summed E-state index contributed by atoms with van der Waals surface area (Å²) in [5.74, 6) is -0.152. The van der Waals surface area contributed by atoms with Crippen LogP contribution < -0.4 is 10.6 Å². The van der Waals surface area contributed by atoms with E-state index in [4.69, 9.17) is 0 Å². The molecule has 3 rings (SSSR count). The number of hydrogen-bond acceptors (Lipinski definition) is 6. The first-order valence-electron chi connectivity index (χ1n) is 8.68. The lowest BCUT2D eigenvalue weighted by atomic mass is 10.1. The van der Waals surface area contributed by atoms with Crippen molar-refractivity contribution in [2.45, 2.75) is 31.8 Å². The highest BCUT2D eigenvalue weighted by Crippen LogP contribution is 2.23. The van der Waals surface area contributed by atoms with Crippen LogP contribution in [0.4, 0.5) is 0 Å². The van der Waals surface area contributed by atoms with Crippen LogP contribution in [-0.2, 0) is 0 Å². The largest absolute Gasteiger partial charge is 0.349 e. The maximum atomic E-state index is 12.6. The number of amides is 1. The van der Waals surface area contributed by atoms with E-state index in [1.807, 2.05) is 31.8 Å². The number of nitrogens with one attached hydrogen (secondary N) is 2. The van der Waals surface area contributed by atoms with E-state index in [1.165, 1.54) is 4.88 Å². The molecule has 2 aromatic rings. The first-order valence-corrected chi connectivity index (χ1v) is 9.56. The SMILES string of the molecule is Cc1c(C(=O)NCC(c2cccs2)N(C)C)nnn1C1CCNCC1.Cl.Cl. The highest BCUT2D eigenvalue weighted by atomic mass is 35.5. The van der Waals surface area contributed by atoms with Gasteiger partial charge in [0, 0.05) is 11.4 Å². The number of carbonyl (C=O) groups excluding carboxylic acids is 1. The van der Waals surface area contributed by atoms with E-state index in [9.17, 15) is 4.79 Å². The van der Waals surface area contributed by atoms with Crippen molar-refractivity contribution in [1.29, 1.82) is 0 Å². The molecule has 1 saturated heterocycles. The highest BCUT2D eigenvalue weighted by molar-refractivity contribution is 7.10. The molecule has 1 fully saturated rings. The summed E-state index contributed by atoms with van der Waals surface area (Å²) in [6, 6.07) is 4.62. The fourth-order valence-electron chi connectivity index (χ4n) is 3.24. The predicted octanol–water partition coefficient (Wildman–Crippen LogP) is 2.45. The van der Waals surface area contributed by atoms with Crippen LogP contribution in [0.5, 0.6) is 0 Å². The first kappa shape index (κ1) is 23.8. The minimum atomic E-state index is -0.152. The molecule has 0 spiro atoms. The van der Waals surface area contributed by atoms with E-state index >= 15 is 0 Å². The zero-order valence-corrected chi connectivity index (χ0v) is 18.3. The number of carbonyl (C=O) groups is 1. The van der Waals surface area contributed by atoms with Gasteiger partial charge in [0.1, 0.15) is 0 Å². The number of piperidine rings is 1. The van der Waals surface area contributed by atoms with Crippen molar-refractivity contribution in [2.75, 3.05) is 33.7 Å². The van der Waals surface area contributed by atoms with Gasteiger partial charge in [-0.1, -0.05) is 11.3 Å². The molecule has 2 aromatic heterocycles. The van der Waals surface area contributed by atoms with Gasteiger partial charge in [0.05, 0.1) is 17.8 Å². The van der Waals surface area contributed by atoms with Crippen LogP contribution in [-0.4, -0.2) is 59.5 Å². The van der Waals surface area contributed by atoms with E-state index in [-0.39, 0.29) is 36.8 Å². The Hall–Kier alpha value is -1.19. The third-order valence-corrected chi connectivity index (χ3v) is 5.72. The average Bonchev–Trinajstić information content (AvgIpc) is 3.25. The Bertz CT molecular complexity index is 700. The molecule has 0 bridgehead atoms. The van der Waals surface area contributed by atoms with Gasteiger partial charge in [-0.15, -0.1) is 41.2 Å². The van der Waals surface area contributed by atoms with Gasteiger partial charge in [0.2, 0.25) is 0 Å². The molecule has 0 radical (unpaired) electrons. The van der Waals surface area contributed by atoms with Crippen LogP contribution in [0.3, 0.4) is 0 Å². The molecule has 27 heavy (non-hydrogen) atoms. The van der Waals surface area contributed by atoms with Crippen LogP contribution in [0.1, 0.15) is 46.0 Å². The second kappa shape index (κ2) is 11.0. The van der Waals surface area contributed by atoms with Crippen LogP contribution in [0.15, 0.2) is 17.5 Å². The minimum absolute atomic E-state index is 0. The number of aromatic nitrogens is 3. The van der Waals surface area contributed by atoms with Gasteiger partial charge in [-0.2, -0.15) is 0 Å². The minimum Gasteiger partial charge on any atom is -0.349 e. The van der Waals surface area contributed by atoms with Crippen molar-refractivity contribution in [3.05, 3.63) is 33.8 Å². The number of nitrogens with zero attached hydrogens (tertiary/aromatic N) is 4. The average molecular weight is 435 g/mol. The standard InChI is InChI=1S/C17H26N6OS.2ClH/c1-12-16(20-21-23(12)13-6-8-18-9-7-13)17(24)19-11-14(22(2)3)15-5-4-10-25-15;;/h4-5,10,13-14,18H,6-9,11H2,1-3H3,(H,19,24);2*1H. The lowest BCUT2D eigenvalue weighted by molar-refractivity contribution is 0.0936. The molecule has 1 aliphatic rings. The Balaban J connectivity index is 0.00000182. The molecule has 7 nitrogen and oxygen atoms in total. The normalized spacial score (nSPS) is 15.7. The summed E-state index contributed by atoms with van der Waals surface area (Å²) < 4.78 is 1.92. The molecule has 1 amide bonds. The number of hydrogen-bond donors (Lipinski definition) is 2. The van der Waals surface area contributed by atoms with Crippen molar-refractivity contribution in [2.24, 2.45) is 0 Å². The zero-order chi connectivity index (χ0) is 17.8. The number of rotatable bonds is 6. The molecule has 0 saturated carbocycles. The lowest BCUT2D eigenvalue weighted by Gasteiger charge is -2.24. The third kappa shape index (κ3) is 5.65. The molecule has 2 N–H and O–H groups in total. The van der Waals surface area contributed by atoms with Crippen molar-refractivity contribution in [3.8, 4) is 0 Å². The van der Waals surface area contributed by atoms with E-state index in [0.717, 1.165) is 31.6 Å². The molecule has 1 aliphatic heterocycles. The highest BCUT2D eigenvalue weighted by Gasteiger charge is 2.24. The van der Waals surface area contributed by atoms with Crippen molar-refractivity contribution in [1.82, 2.24) is 30.5 Å². The number of halogens is 2. The summed E-state index contributed by atoms with van der Waals surface area (Å²) in [6.45, 7) is 4.44. The topological polar surface area (TPSA) is 75.1 Å². The zero-order valence-electron chi connectivity index (χ0n) is 15.8. The second-order valence-electron chi connectivity index (χ2n) is 6.65. The molecule has 10 heteroatoms. The Morgan fingerprint density at radius 3 is 2.70 bits per heavy atom. The van der Waals surface area contributed by atoms with Crippen molar-refractivity contribution in [3.63, 3.8) is 0 Å². The van der Waals surface area contributed by atoms with Gasteiger partial charge in [-0.3, -0.25) is 4.79 Å². The summed E-state index contributed by atoms with van der Waals surface area (Å²) in [4.78, 5) is 16.0. The van der Waals surface area contributed by atoms with E-state index in [1.54, 1.807) is 11.3 Å². The fraction of sp³-hybridized carbons (Fsp3) is 0.588. The van der Waals surface area contributed by atoms with Crippen molar-refractivity contribution >= 4 is 42.1 Å². The maximum absolute atomic E-state index is 12.6.